The predicted molar refractivity (Wildman–Crippen MR) is 113 cm³/mol. The van der Waals surface area contributed by atoms with Gasteiger partial charge in [0.1, 0.15) is 5.75 Å². The van der Waals surface area contributed by atoms with E-state index >= 15 is 0 Å². The van der Waals surface area contributed by atoms with Gasteiger partial charge in [0.15, 0.2) is 0 Å². The van der Waals surface area contributed by atoms with E-state index in [0.29, 0.717) is 27.5 Å². The molecule has 6 nitrogen and oxygen atoms in total. The first-order valence-corrected chi connectivity index (χ1v) is 9.28. The van der Waals surface area contributed by atoms with E-state index in [1.807, 2.05) is 24.3 Å². The Morgan fingerprint density at radius 1 is 1.00 bits per heavy atom. The summed E-state index contributed by atoms with van der Waals surface area (Å²) in [6.07, 6.45) is 1.33. The maximum atomic E-state index is 12.0. The molecule has 3 rings (SSSR count). The normalized spacial score (nSPS) is 11.2. The Kier molecular flexibility index (Phi) is 6.52. The first-order chi connectivity index (χ1) is 13.5. The molecule has 1 amide bonds. The lowest BCUT2D eigenvalue weighted by Gasteiger charge is -2.02. The Balaban J connectivity index is 1.70. The van der Waals surface area contributed by atoms with Gasteiger partial charge >= 0.3 is 0 Å². The fraction of sp³-hybridized carbons (Fsp3) is 0. The van der Waals surface area contributed by atoms with Gasteiger partial charge in [-0.3, -0.25) is 4.79 Å². The van der Waals surface area contributed by atoms with Crippen LogP contribution in [0.3, 0.4) is 0 Å². The number of carbonyl (C=O) groups excluding carboxylic acids is 1. The maximum absolute atomic E-state index is 12.0. The number of rotatable bonds is 5. The summed E-state index contributed by atoms with van der Waals surface area (Å²) in [5.41, 5.74) is 4.42. The quantitative estimate of drug-likeness (QED) is 0.280. The zero-order valence-electron chi connectivity index (χ0n) is 14.4. The van der Waals surface area contributed by atoms with Gasteiger partial charge in [0, 0.05) is 20.6 Å². The molecule has 0 radical (unpaired) electrons. The molecule has 0 aliphatic heterocycles. The second kappa shape index (κ2) is 9.25. The van der Waals surface area contributed by atoms with E-state index in [2.05, 4.69) is 36.7 Å². The number of amides is 1. The second-order valence-electron chi connectivity index (χ2n) is 5.63. The molecule has 3 aromatic rings. The van der Waals surface area contributed by atoms with Crippen LogP contribution in [0.2, 0.25) is 5.02 Å². The zero-order chi connectivity index (χ0) is 19.9. The molecule has 0 aliphatic rings. The molecule has 0 unspecified atom stereocenters. The molecule has 140 valence electrons. The number of azo groups is 1. The van der Waals surface area contributed by atoms with E-state index in [0.717, 1.165) is 4.47 Å². The van der Waals surface area contributed by atoms with Gasteiger partial charge in [0.2, 0.25) is 0 Å². The number of benzene rings is 3. The average molecular weight is 458 g/mol. The third-order valence-electron chi connectivity index (χ3n) is 3.58. The van der Waals surface area contributed by atoms with Gasteiger partial charge in [0.05, 0.1) is 17.6 Å². The lowest BCUT2D eigenvalue weighted by molar-refractivity contribution is 0.0955. The van der Waals surface area contributed by atoms with Crippen LogP contribution in [0, 0.1) is 0 Å². The summed E-state index contributed by atoms with van der Waals surface area (Å²) in [5, 5.41) is 22.7. The van der Waals surface area contributed by atoms with Crippen LogP contribution in [0.5, 0.6) is 5.75 Å². The van der Waals surface area contributed by atoms with Gasteiger partial charge in [-0.1, -0.05) is 33.6 Å². The average Bonchev–Trinajstić information content (AvgIpc) is 2.69. The molecular formula is C20H14BrClN4O2. The van der Waals surface area contributed by atoms with E-state index in [-0.39, 0.29) is 5.75 Å². The summed E-state index contributed by atoms with van der Waals surface area (Å²) in [5.74, 6) is -0.385. The topological polar surface area (TPSA) is 86.4 Å². The molecule has 0 heterocycles. The molecule has 8 heteroatoms. The van der Waals surface area contributed by atoms with Crippen LogP contribution in [-0.4, -0.2) is 17.2 Å². The highest BCUT2D eigenvalue weighted by Gasteiger charge is 2.04. The van der Waals surface area contributed by atoms with Gasteiger partial charge in [0.25, 0.3) is 5.91 Å². The minimum Gasteiger partial charge on any atom is -0.507 e. The molecule has 2 N–H and O–H groups in total. The number of nitrogens with one attached hydrogen (secondary N) is 1. The van der Waals surface area contributed by atoms with Crippen molar-refractivity contribution >= 4 is 51.0 Å². The summed E-state index contributed by atoms with van der Waals surface area (Å²) in [6.45, 7) is 0. The predicted octanol–water partition coefficient (Wildman–Crippen LogP) is 5.99. The van der Waals surface area contributed by atoms with Crippen LogP contribution in [-0.2, 0) is 0 Å². The molecule has 0 aliphatic carbocycles. The molecule has 0 bridgehead atoms. The van der Waals surface area contributed by atoms with Crippen LogP contribution in [0.25, 0.3) is 0 Å². The van der Waals surface area contributed by atoms with Gasteiger partial charge in [-0.25, -0.2) is 5.43 Å². The van der Waals surface area contributed by atoms with Gasteiger partial charge in [-0.05, 0) is 60.7 Å². The highest BCUT2D eigenvalue weighted by Crippen LogP contribution is 2.25. The fourth-order valence-electron chi connectivity index (χ4n) is 2.19. The second-order valence-corrected chi connectivity index (χ2v) is 6.98. The first-order valence-electron chi connectivity index (χ1n) is 8.10. The summed E-state index contributed by atoms with van der Waals surface area (Å²) >= 11 is 9.17. The van der Waals surface area contributed by atoms with E-state index in [4.69, 9.17) is 11.6 Å². The Morgan fingerprint density at radius 3 is 2.43 bits per heavy atom. The number of phenolic OH excluding ortho intramolecular Hbond substituents is 1. The van der Waals surface area contributed by atoms with Crippen LogP contribution in [0.15, 0.2) is 86.5 Å². The number of aromatic hydroxyl groups is 1. The van der Waals surface area contributed by atoms with Crippen molar-refractivity contribution in [3.63, 3.8) is 0 Å². The Bertz CT molecular complexity index is 1050. The summed E-state index contributed by atoms with van der Waals surface area (Å²) in [7, 11) is 0. The fourth-order valence-corrected chi connectivity index (χ4v) is 2.70. The van der Waals surface area contributed by atoms with Crippen molar-refractivity contribution in [1.29, 1.82) is 0 Å². The van der Waals surface area contributed by atoms with Crippen LogP contribution < -0.4 is 5.43 Å². The molecule has 0 spiro atoms. The highest BCUT2D eigenvalue weighted by atomic mass is 79.9. The number of phenols is 1. The standard InChI is InChI=1S/C20H14BrClN4O2/c21-15-2-1-3-17(11-15)24-25-18-8-9-19(27)14(10-18)12-23-26-20(28)13-4-6-16(22)7-5-13/h1-12,27H,(H,26,28)/b23-12-,25-24?. The lowest BCUT2D eigenvalue weighted by Crippen LogP contribution is -2.17. The largest absolute Gasteiger partial charge is 0.507 e. The number of hydrogen-bond donors (Lipinski definition) is 2. The Hall–Kier alpha value is -3.03. The first kappa shape index (κ1) is 19.7. The third-order valence-corrected chi connectivity index (χ3v) is 4.32. The van der Waals surface area contributed by atoms with Gasteiger partial charge < -0.3 is 5.11 Å². The Labute approximate surface area is 174 Å². The van der Waals surface area contributed by atoms with Crippen LogP contribution >= 0.6 is 27.5 Å². The molecule has 0 saturated heterocycles. The molecule has 28 heavy (non-hydrogen) atoms. The van der Waals surface area contributed by atoms with Crippen molar-refractivity contribution in [1.82, 2.24) is 5.43 Å². The van der Waals surface area contributed by atoms with E-state index in [9.17, 15) is 9.90 Å². The molecule has 3 aromatic carbocycles. The maximum Gasteiger partial charge on any atom is 0.271 e. The SMILES string of the molecule is O=C(N/N=C\c1cc(N=Nc2cccc(Br)c2)ccc1O)c1ccc(Cl)cc1. The van der Waals surface area contributed by atoms with Crippen molar-refractivity contribution < 1.29 is 9.90 Å². The van der Waals surface area contributed by atoms with Gasteiger partial charge in [-0.2, -0.15) is 15.3 Å². The zero-order valence-corrected chi connectivity index (χ0v) is 16.7. The van der Waals surface area contributed by atoms with Gasteiger partial charge in [-0.15, -0.1) is 0 Å². The van der Waals surface area contributed by atoms with Crippen molar-refractivity contribution in [2.75, 3.05) is 0 Å². The number of halogens is 2. The summed E-state index contributed by atoms with van der Waals surface area (Å²) in [6, 6.07) is 18.5. The minimum atomic E-state index is -0.391. The minimum absolute atomic E-state index is 0.00546. The number of hydrazone groups is 1. The van der Waals surface area contributed by atoms with E-state index < -0.39 is 5.91 Å². The highest BCUT2D eigenvalue weighted by molar-refractivity contribution is 9.10. The van der Waals surface area contributed by atoms with Crippen LogP contribution in [0.1, 0.15) is 15.9 Å². The van der Waals surface area contributed by atoms with Crippen molar-refractivity contribution in [3.05, 3.63) is 87.4 Å². The van der Waals surface area contributed by atoms with Crippen molar-refractivity contribution in [2.45, 2.75) is 0 Å². The van der Waals surface area contributed by atoms with Crippen LogP contribution in [0.4, 0.5) is 11.4 Å². The number of carbonyl (C=O) groups is 1. The Morgan fingerprint density at radius 2 is 1.71 bits per heavy atom. The summed E-state index contributed by atoms with van der Waals surface area (Å²) in [4.78, 5) is 12.0. The number of nitrogens with zero attached hydrogens (tertiary/aromatic N) is 3. The smallest absolute Gasteiger partial charge is 0.271 e. The van der Waals surface area contributed by atoms with Crippen molar-refractivity contribution in [3.8, 4) is 5.75 Å². The van der Waals surface area contributed by atoms with Crippen molar-refractivity contribution in [2.24, 2.45) is 15.3 Å². The third kappa shape index (κ3) is 5.48. The molecule has 0 atom stereocenters. The summed E-state index contributed by atoms with van der Waals surface area (Å²) < 4.78 is 0.902. The van der Waals surface area contributed by atoms with E-state index in [1.165, 1.54) is 12.3 Å². The monoisotopic (exact) mass is 456 g/mol. The molecule has 0 saturated carbocycles. The number of hydrogen-bond acceptors (Lipinski definition) is 5. The molecule has 0 aromatic heterocycles. The molecular weight excluding hydrogens is 444 g/mol. The molecule has 0 fully saturated rings. The lowest BCUT2D eigenvalue weighted by atomic mass is 10.2. The van der Waals surface area contributed by atoms with E-state index in [1.54, 1.807) is 36.4 Å².